The molecule has 2 unspecified atom stereocenters. The van der Waals surface area contributed by atoms with Crippen LogP contribution >= 0.6 is 0 Å². The fraction of sp³-hybridized carbons (Fsp3) is 0.480. The zero-order chi connectivity index (χ0) is 24.1. The molecule has 2 fully saturated rings. The van der Waals surface area contributed by atoms with Crippen molar-refractivity contribution in [3.8, 4) is 0 Å². The van der Waals surface area contributed by atoms with E-state index in [0.717, 1.165) is 37.7 Å². The standard InChI is InChI=1S/C25H33FN4O3S/c1-29(25(31)20-9-13-23(14-10-20)30-16-5-17-34(30,32)33)15-4-2-3-6-22-18-24(28-27-22)19-7-11-21(26)12-8-19/h7-14,22,24,27-28H,2-6,15-18H2,1H3. The zero-order valence-electron chi connectivity index (χ0n) is 19.5. The fourth-order valence-electron chi connectivity index (χ4n) is 4.66. The minimum Gasteiger partial charge on any atom is -0.342 e. The van der Waals surface area contributed by atoms with E-state index in [-0.39, 0.29) is 23.5 Å². The Hall–Kier alpha value is -2.49. The van der Waals surface area contributed by atoms with Gasteiger partial charge >= 0.3 is 0 Å². The summed E-state index contributed by atoms with van der Waals surface area (Å²) in [4.78, 5) is 14.4. The summed E-state index contributed by atoms with van der Waals surface area (Å²) in [5.74, 6) is -0.0950. The van der Waals surface area contributed by atoms with Gasteiger partial charge in [0.2, 0.25) is 10.0 Å². The summed E-state index contributed by atoms with van der Waals surface area (Å²) in [5, 5.41) is 0. The highest BCUT2D eigenvalue weighted by atomic mass is 32.2. The number of hydrogen-bond acceptors (Lipinski definition) is 5. The van der Waals surface area contributed by atoms with Crippen molar-refractivity contribution in [2.24, 2.45) is 0 Å². The lowest BCUT2D eigenvalue weighted by atomic mass is 9.99. The maximum absolute atomic E-state index is 13.1. The molecule has 0 aromatic heterocycles. The van der Waals surface area contributed by atoms with Crippen LogP contribution in [0.1, 0.15) is 60.5 Å². The van der Waals surface area contributed by atoms with Crippen molar-refractivity contribution in [2.75, 3.05) is 30.2 Å². The van der Waals surface area contributed by atoms with Crippen molar-refractivity contribution in [3.63, 3.8) is 0 Å². The number of hydrazine groups is 1. The van der Waals surface area contributed by atoms with Crippen LogP contribution in [0.25, 0.3) is 0 Å². The number of amides is 1. The third kappa shape index (κ3) is 5.95. The number of carbonyl (C=O) groups excluding carboxylic acids is 1. The number of halogens is 1. The number of hydrogen-bond donors (Lipinski definition) is 2. The van der Waals surface area contributed by atoms with Gasteiger partial charge in [0.1, 0.15) is 5.82 Å². The van der Waals surface area contributed by atoms with Crippen LogP contribution in [0.15, 0.2) is 48.5 Å². The largest absolute Gasteiger partial charge is 0.342 e. The number of nitrogens with zero attached hydrogens (tertiary/aromatic N) is 2. The molecule has 7 nitrogen and oxygen atoms in total. The van der Waals surface area contributed by atoms with Crippen LogP contribution in [0.4, 0.5) is 10.1 Å². The van der Waals surface area contributed by atoms with Gasteiger partial charge in [-0.05, 0) is 67.6 Å². The summed E-state index contributed by atoms with van der Waals surface area (Å²) in [6, 6.07) is 14.1. The van der Waals surface area contributed by atoms with Crippen LogP contribution in [0.5, 0.6) is 0 Å². The van der Waals surface area contributed by atoms with Crippen LogP contribution in [-0.4, -0.2) is 51.2 Å². The molecule has 2 atom stereocenters. The molecule has 2 aliphatic heterocycles. The minimum atomic E-state index is -3.22. The lowest BCUT2D eigenvalue weighted by Gasteiger charge is -2.19. The van der Waals surface area contributed by atoms with Crippen LogP contribution in [0.2, 0.25) is 0 Å². The Bertz CT molecular complexity index is 1080. The SMILES string of the molecule is CN(CCCCCC1CC(c2ccc(F)cc2)NN1)C(=O)c1ccc(N2CCCS2(=O)=O)cc1. The van der Waals surface area contributed by atoms with Gasteiger partial charge in [-0.1, -0.05) is 25.0 Å². The molecule has 0 spiro atoms. The van der Waals surface area contributed by atoms with Gasteiger partial charge in [-0.15, -0.1) is 0 Å². The molecular weight excluding hydrogens is 455 g/mol. The average molecular weight is 489 g/mol. The Kier molecular flexibility index (Phi) is 7.85. The summed E-state index contributed by atoms with van der Waals surface area (Å²) in [6.07, 6.45) is 5.67. The second-order valence-corrected chi connectivity index (χ2v) is 11.2. The van der Waals surface area contributed by atoms with E-state index in [0.29, 0.717) is 36.8 Å². The van der Waals surface area contributed by atoms with E-state index < -0.39 is 10.0 Å². The molecule has 2 saturated heterocycles. The minimum absolute atomic E-state index is 0.0559. The van der Waals surface area contributed by atoms with Crippen molar-refractivity contribution in [1.82, 2.24) is 15.8 Å². The van der Waals surface area contributed by atoms with Gasteiger partial charge in [-0.3, -0.25) is 20.0 Å². The Balaban J connectivity index is 1.15. The molecule has 4 rings (SSSR count). The quantitative estimate of drug-likeness (QED) is 0.527. The first-order chi connectivity index (χ1) is 16.3. The van der Waals surface area contributed by atoms with Gasteiger partial charge < -0.3 is 4.90 Å². The van der Waals surface area contributed by atoms with Crippen LogP contribution < -0.4 is 15.2 Å². The van der Waals surface area contributed by atoms with Gasteiger partial charge in [-0.2, -0.15) is 0 Å². The van der Waals surface area contributed by atoms with Crippen molar-refractivity contribution in [2.45, 2.75) is 50.6 Å². The predicted octanol–water partition coefficient (Wildman–Crippen LogP) is 3.61. The molecule has 0 saturated carbocycles. The summed E-state index contributed by atoms with van der Waals surface area (Å²) in [5.41, 5.74) is 8.91. The van der Waals surface area contributed by atoms with E-state index in [1.807, 2.05) is 12.1 Å². The molecule has 9 heteroatoms. The highest BCUT2D eigenvalue weighted by Gasteiger charge is 2.28. The van der Waals surface area contributed by atoms with Gasteiger partial charge in [-0.25, -0.2) is 12.8 Å². The normalized spacial score (nSPS) is 21.6. The molecule has 0 aliphatic carbocycles. The number of benzene rings is 2. The Morgan fingerprint density at radius 1 is 1.06 bits per heavy atom. The Morgan fingerprint density at radius 3 is 2.47 bits per heavy atom. The molecule has 184 valence electrons. The molecule has 2 aromatic rings. The first-order valence-electron chi connectivity index (χ1n) is 12.0. The number of anilines is 1. The third-order valence-electron chi connectivity index (χ3n) is 6.65. The molecule has 2 N–H and O–H groups in total. The maximum Gasteiger partial charge on any atom is 0.253 e. The molecule has 2 aromatic carbocycles. The number of nitrogens with one attached hydrogen (secondary N) is 2. The van der Waals surface area contributed by atoms with E-state index in [2.05, 4.69) is 10.9 Å². The van der Waals surface area contributed by atoms with Crippen LogP contribution in [-0.2, 0) is 10.0 Å². The van der Waals surface area contributed by atoms with Crippen LogP contribution in [0, 0.1) is 5.82 Å². The summed E-state index contributed by atoms with van der Waals surface area (Å²) in [6.45, 7) is 1.17. The van der Waals surface area contributed by atoms with Crippen LogP contribution in [0.3, 0.4) is 0 Å². The van der Waals surface area contributed by atoms with E-state index >= 15 is 0 Å². The molecular formula is C25H33FN4O3S. The lowest BCUT2D eigenvalue weighted by molar-refractivity contribution is 0.0792. The highest BCUT2D eigenvalue weighted by Crippen LogP contribution is 2.26. The summed E-state index contributed by atoms with van der Waals surface area (Å²) < 4.78 is 38.7. The monoisotopic (exact) mass is 488 g/mol. The third-order valence-corrected chi connectivity index (χ3v) is 8.52. The topological polar surface area (TPSA) is 81.8 Å². The van der Waals surface area contributed by atoms with E-state index in [1.54, 1.807) is 36.2 Å². The second-order valence-electron chi connectivity index (χ2n) is 9.19. The Morgan fingerprint density at radius 2 is 1.79 bits per heavy atom. The van der Waals surface area contributed by atoms with Crippen molar-refractivity contribution >= 4 is 21.6 Å². The molecule has 0 radical (unpaired) electrons. The van der Waals surface area contributed by atoms with Crippen molar-refractivity contribution in [3.05, 3.63) is 65.5 Å². The number of unbranched alkanes of at least 4 members (excludes halogenated alkanes) is 2. The first-order valence-corrected chi connectivity index (χ1v) is 13.6. The van der Waals surface area contributed by atoms with Gasteiger partial charge in [0, 0.05) is 37.8 Å². The maximum atomic E-state index is 13.1. The highest BCUT2D eigenvalue weighted by molar-refractivity contribution is 7.93. The fourth-order valence-corrected chi connectivity index (χ4v) is 6.23. The van der Waals surface area contributed by atoms with Gasteiger partial charge in [0.15, 0.2) is 0 Å². The smallest absolute Gasteiger partial charge is 0.253 e. The zero-order valence-corrected chi connectivity index (χ0v) is 20.4. The summed E-state index contributed by atoms with van der Waals surface area (Å²) in [7, 11) is -1.41. The summed E-state index contributed by atoms with van der Waals surface area (Å²) >= 11 is 0. The van der Waals surface area contributed by atoms with Gasteiger partial charge in [0.05, 0.1) is 11.4 Å². The molecule has 2 aliphatic rings. The number of sulfonamides is 1. The predicted molar refractivity (Wildman–Crippen MR) is 131 cm³/mol. The molecule has 34 heavy (non-hydrogen) atoms. The molecule has 2 heterocycles. The lowest BCUT2D eigenvalue weighted by Crippen LogP contribution is -2.31. The van der Waals surface area contributed by atoms with Crippen molar-refractivity contribution < 1.29 is 17.6 Å². The average Bonchev–Trinajstić information content (AvgIpc) is 3.44. The van der Waals surface area contributed by atoms with Crippen molar-refractivity contribution in [1.29, 1.82) is 0 Å². The van der Waals surface area contributed by atoms with Gasteiger partial charge in [0.25, 0.3) is 5.91 Å². The van der Waals surface area contributed by atoms with E-state index in [4.69, 9.17) is 0 Å². The van der Waals surface area contributed by atoms with E-state index in [9.17, 15) is 17.6 Å². The number of carbonyl (C=O) groups is 1. The number of rotatable bonds is 9. The Labute approximate surface area is 201 Å². The molecule has 1 amide bonds. The molecule has 0 bridgehead atoms. The van der Waals surface area contributed by atoms with E-state index in [1.165, 1.54) is 16.4 Å². The first kappa shape index (κ1) is 24.6. The second kappa shape index (κ2) is 10.8.